The quantitative estimate of drug-likeness (QED) is 0.855. The topological polar surface area (TPSA) is 79.2 Å². The molecule has 128 valence electrons. The Bertz CT molecular complexity index is 836. The number of rotatable bonds is 3. The summed E-state index contributed by atoms with van der Waals surface area (Å²) in [7, 11) is 1.22. The smallest absolute Gasteiger partial charge is 0.354 e. The van der Waals surface area contributed by atoms with Gasteiger partial charge >= 0.3 is 5.97 Å². The normalized spacial score (nSPS) is 19.5. The first-order chi connectivity index (χ1) is 12.0. The fraction of sp³-hybridized carbons (Fsp3) is 0.167. The average Bonchev–Trinajstić information content (AvgIpc) is 3.01. The van der Waals surface area contributed by atoms with Crippen molar-refractivity contribution in [2.75, 3.05) is 7.11 Å². The summed E-state index contributed by atoms with van der Waals surface area (Å²) in [4.78, 5) is 24.7. The monoisotopic (exact) mass is 358 g/mol. The Balaban J connectivity index is 2.04. The third kappa shape index (κ3) is 3.14. The van der Waals surface area contributed by atoms with Crippen molar-refractivity contribution in [2.45, 2.75) is 12.1 Å². The lowest BCUT2D eigenvalue weighted by Crippen LogP contribution is -2.43. The third-order valence-electron chi connectivity index (χ3n) is 3.93. The van der Waals surface area contributed by atoms with E-state index in [-0.39, 0.29) is 17.7 Å². The van der Waals surface area contributed by atoms with E-state index < -0.39 is 17.6 Å². The van der Waals surface area contributed by atoms with Crippen LogP contribution in [0.25, 0.3) is 0 Å². The number of nitrogens with zero attached hydrogens (tertiary/aromatic N) is 2. The lowest BCUT2D eigenvalue weighted by molar-refractivity contribution is -0.133. The van der Waals surface area contributed by atoms with Crippen molar-refractivity contribution in [2.24, 2.45) is 5.10 Å². The number of carbonyl (C=O) groups is 2. The maximum atomic E-state index is 12.9. The van der Waals surface area contributed by atoms with Gasteiger partial charge in [0.2, 0.25) is 0 Å². The van der Waals surface area contributed by atoms with E-state index in [0.717, 1.165) is 5.01 Å². The number of esters is 1. The summed E-state index contributed by atoms with van der Waals surface area (Å²) in [6.07, 6.45) is -0.164. The highest BCUT2D eigenvalue weighted by molar-refractivity contribution is 6.37. The number of benzene rings is 2. The molecule has 2 aromatic rings. The van der Waals surface area contributed by atoms with Crippen LogP contribution >= 0.6 is 11.6 Å². The van der Waals surface area contributed by atoms with Crippen molar-refractivity contribution in [1.29, 1.82) is 0 Å². The minimum Gasteiger partial charge on any atom is -0.464 e. The van der Waals surface area contributed by atoms with Crippen LogP contribution in [0.2, 0.25) is 5.02 Å². The van der Waals surface area contributed by atoms with Gasteiger partial charge < -0.3 is 9.84 Å². The molecule has 1 atom stereocenters. The molecule has 1 heterocycles. The van der Waals surface area contributed by atoms with Crippen molar-refractivity contribution >= 4 is 29.2 Å². The van der Waals surface area contributed by atoms with Crippen LogP contribution in [0.3, 0.4) is 0 Å². The Hall–Kier alpha value is -2.70. The minimum atomic E-state index is -1.78. The van der Waals surface area contributed by atoms with E-state index in [2.05, 4.69) is 9.84 Å². The predicted molar refractivity (Wildman–Crippen MR) is 92.0 cm³/mol. The highest BCUT2D eigenvalue weighted by Gasteiger charge is 2.48. The first kappa shape index (κ1) is 17.1. The average molecular weight is 359 g/mol. The molecule has 0 unspecified atom stereocenters. The molecule has 2 aromatic carbocycles. The minimum absolute atomic E-state index is 0.0313. The van der Waals surface area contributed by atoms with Gasteiger partial charge in [-0.2, -0.15) is 10.1 Å². The van der Waals surface area contributed by atoms with Crippen molar-refractivity contribution in [3.8, 4) is 0 Å². The first-order valence-corrected chi connectivity index (χ1v) is 7.87. The molecule has 0 radical (unpaired) electrons. The summed E-state index contributed by atoms with van der Waals surface area (Å²) in [5.74, 6) is -1.25. The molecule has 0 bridgehead atoms. The van der Waals surface area contributed by atoms with Gasteiger partial charge in [0, 0.05) is 16.1 Å². The summed E-state index contributed by atoms with van der Waals surface area (Å²) in [6.45, 7) is 0. The van der Waals surface area contributed by atoms with Crippen LogP contribution in [0.4, 0.5) is 0 Å². The molecule has 0 saturated carbocycles. The second-order valence-corrected chi connectivity index (χ2v) is 5.96. The molecule has 0 aromatic heterocycles. The van der Waals surface area contributed by atoms with Crippen molar-refractivity contribution in [3.63, 3.8) is 0 Å². The molecule has 25 heavy (non-hydrogen) atoms. The zero-order valence-corrected chi connectivity index (χ0v) is 14.1. The Morgan fingerprint density at radius 2 is 1.80 bits per heavy atom. The van der Waals surface area contributed by atoms with E-state index in [0.29, 0.717) is 10.6 Å². The molecule has 0 saturated heterocycles. The summed E-state index contributed by atoms with van der Waals surface area (Å²) in [6, 6.07) is 14.8. The Morgan fingerprint density at radius 3 is 2.40 bits per heavy atom. The maximum Gasteiger partial charge on any atom is 0.354 e. The van der Waals surface area contributed by atoms with Gasteiger partial charge in [0.1, 0.15) is 0 Å². The lowest BCUT2D eigenvalue weighted by Gasteiger charge is -2.31. The largest absolute Gasteiger partial charge is 0.464 e. The SMILES string of the molecule is COC(=O)C1=NN(C(=O)c2ccc(Cl)cc2)[C@](O)(c2ccccc2)C1. The van der Waals surface area contributed by atoms with E-state index in [1.54, 1.807) is 42.5 Å². The van der Waals surface area contributed by atoms with Crippen LogP contribution in [-0.2, 0) is 15.3 Å². The van der Waals surface area contributed by atoms with Gasteiger partial charge in [0.15, 0.2) is 11.4 Å². The van der Waals surface area contributed by atoms with Gasteiger partial charge in [-0.1, -0.05) is 41.9 Å². The van der Waals surface area contributed by atoms with Crippen LogP contribution in [0.15, 0.2) is 59.7 Å². The molecule has 3 rings (SSSR count). The van der Waals surface area contributed by atoms with E-state index >= 15 is 0 Å². The molecule has 0 fully saturated rings. The van der Waals surface area contributed by atoms with E-state index in [1.807, 2.05) is 0 Å². The van der Waals surface area contributed by atoms with E-state index in [1.165, 1.54) is 19.2 Å². The van der Waals surface area contributed by atoms with Gasteiger partial charge in [-0.25, -0.2) is 4.79 Å². The highest BCUT2D eigenvalue weighted by Crippen LogP contribution is 2.36. The van der Waals surface area contributed by atoms with Gasteiger partial charge in [0.25, 0.3) is 5.91 Å². The number of hydrazone groups is 1. The second kappa shape index (κ2) is 6.66. The molecular formula is C18H15ClN2O4. The van der Waals surface area contributed by atoms with Crippen LogP contribution in [0, 0.1) is 0 Å². The van der Waals surface area contributed by atoms with Gasteiger partial charge in [-0.3, -0.25) is 4.79 Å². The van der Waals surface area contributed by atoms with Crippen LogP contribution in [0.5, 0.6) is 0 Å². The summed E-state index contributed by atoms with van der Waals surface area (Å²) in [5, 5.41) is 16.6. The predicted octanol–water partition coefficient (Wildman–Crippen LogP) is 2.56. The van der Waals surface area contributed by atoms with Gasteiger partial charge in [-0.05, 0) is 24.3 Å². The molecule has 1 amide bonds. The first-order valence-electron chi connectivity index (χ1n) is 7.49. The molecule has 1 aliphatic rings. The molecule has 6 nitrogen and oxygen atoms in total. The number of hydrogen-bond donors (Lipinski definition) is 1. The number of carbonyl (C=O) groups excluding carboxylic acids is 2. The molecule has 0 spiro atoms. The molecular weight excluding hydrogens is 344 g/mol. The molecule has 1 aliphatic heterocycles. The number of ether oxygens (including phenoxy) is 1. The Kier molecular flexibility index (Phi) is 4.57. The maximum absolute atomic E-state index is 12.9. The van der Waals surface area contributed by atoms with Crippen LogP contribution in [-0.4, -0.2) is 34.8 Å². The van der Waals surface area contributed by atoms with Crippen molar-refractivity contribution in [1.82, 2.24) is 5.01 Å². The lowest BCUT2D eigenvalue weighted by atomic mass is 9.97. The number of amides is 1. The van der Waals surface area contributed by atoms with Gasteiger partial charge in [0.05, 0.1) is 13.5 Å². The fourth-order valence-electron chi connectivity index (χ4n) is 2.64. The van der Waals surface area contributed by atoms with E-state index in [9.17, 15) is 14.7 Å². The van der Waals surface area contributed by atoms with Crippen molar-refractivity contribution in [3.05, 3.63) is 70.7 Å². The van der Waals surface area contributed by atoms with E-state index in [4.69, 9.17) is 11.6 Å². The zero-order chi connectivity index (χ0) is 18.0. The molecule has 1 N–H and O–H groups in total. The highest BCUT2D eigenvalue weighted by atomic mass is 35.5. The number of aliphatic hydroxyl groups is 1. The van der Waals surface area contributed by atoms with Crippen molar-refractivity contribution < 1.29 is 19.4 Å². The summed E-state index contributed by atoms with van der Waals surface area (Å²) < 4.78 is 4.68. The zero-order valence-electron chi connectivity index (χ0n) is 13.3. The second-order valence-electron chi connectivity index (χ2n) is 5.52. The number of hydrogen-bond acceptors (Lipinski definition) is 5. The number of halogens is 1. The summed E-state index contributed by atoms with van der Waals surface area (Å²) >= 11 is 5.85. The fourth-order valence-corrected chi connectivity index (χ4v) is 2.76. The van der Waals surface area contributed by atoms with Gasteiger partial charge in [-0.15, -0.1) is 0 Å². The molecule has 7 heteroatoms. The number of methoxy groups -OCH3 is 1. The Morgan fingerprint density at radius 1 is 1.16 bits per heavy atom. The van der Waals surface area contributed by atoms with Crippen LogP contribution in [0.1, 0.15) is 22.3 Å². The summed E-state index contributed by atoms with van der Waals surface area (Å²) in [5.41, 5.74) is -1.08. The Labute approximate surface area is 149 Å². The van der Waals surface area contributed by atoms with Crippen LogP contribution < -0.4 is 0 Å². The third-order valence-corrected chi connectivity index (χ3v) is 4.18. The standard InChI is InChI=1S/C18H15ClN2O4/c1-25-17(23)15-11-18(24,13-5-3-2-4-6-13)21(20-15)16(22)12-7-9-14(19)10-8-12/h2-10,24H,11H2,1H3/t18-/m1/s1. The molecule has 0 aliphatic carbocycles.